The van der Waals surface area contributed by atoms with Gasteiger partial charge in [0, 0.05) is 12.3 Å². The maximum atomic E-state index is 13.4. The molecule has 3 amide bonds. The molecule has 0 bridgehead atoms. The number of para-hydroxylation sites is 1. The van der Waals surface area contributed by atoms with Gasteiger partial charge in [-0.1, -0.05) is 25.1 Å². The Labute approximate surface area is 306 Å². The van der Waals surface area contributed by atoms with E-state index in [1.807, 2.05) is 36.4 Å². The third-order valence-corrected chi connectivity index (χ3v) is 14.5. The van der Waals surface area contributed by atoms with Gasteiger partial charge in [0.2, 0.25) is 0 Å². The van der Waals surface area contributed by atoms with Gasteiger partial charge in [0.25, 0.3) is 0 Å². The second kappa shape index (κ2) is 20.3. The van der Waals surface area contributed by atoms with Crippen LogP contribution in [0.5, 0.6) is 0 Å². The number of benzene rings is 2. The van der Waals surface area contributed by atoms with Gasteiger partial charge in [0.15, 0.2) is 6.29 Å². The molecule has 0 aliphatic carbocycles. The van der Waals surface area contributed by atoms with E-state index in [0.29, 0.717) is 24.6 Å². The molecule has 2 aliphatic heterocycles. The number of likely N-dealkylation sites (N-methyl/N-ethyl adjacent to an activating group) is 1. The second-order valence-electron chi connectivity index (χ2n) is 14.4. The number of nitrogens with zero attached hydrogens (tertiary/aromatic N) is 1. The monoisotopic (exact) mass is 821 g/mol. The van der Waals surface area contributed by atoms with Crippen LogP contribution in [0, 0.1) is 0 Å². The first-order valence-corrected chi connectivity index (χ1v) is 28.1. The molecule has 2 saturated heterocycles. The van der Waals surface area contributed by atoms with Gasteiger partial charge in [0.05, 0.1) is 0 Å². The van der Waals surface area contributed by atoms with E-state index in [9.17, 15) is 14.4 Å². The van der Waals surface area contributed by atoms with Crippen LogP contribution in [0.3, 0.4) is 0 Å². The van der Waals surface area contributed by atoms with Gasteiger partial charge in [-0.05, 0) is 37.8 Å². The number of carbonyl (C=O) groups is 3. The predicted molar refractivity (Wildman–Crippen MR) is 197 cm³/mol. The summed E-state index contributed by atoms with van der Waals surface area (Å²) in [6.07, 6.45) is 1.77. The molecule has 0 radical (unpaired) electrons. The minimum atomic E-state index is -2.40. The summed E-state index contributed by atoms with van der Waals surface area (Å²) in [5.74, 6) is -0.230. The number of hydrogen-bond acceptors (Lipinski definition) is 9. The Balaban J connectivity index is 1.53. The Kier molecular flexibility index (Phi) is 16.3. The van der Waals surface area contributed by atoms with E-state index in [1.54, 1.807) is 26.1 Å². The zero-order valence-electron chi connectivity index (χ0n) is 30.8. The summed E-state index contributed by atoms with van der Waals surface area (Å²) in [6.45, 7) is 3.20. The van der Waals surface area contributed by atoms with Gasteiger partial charge in [-0.15, -0.1) is 0 Å². The van der Waals surface area contributed by atoms with Crippen LogP contribution in [0.15, 0.2) is 54.6 Å². The molecule has 5 atom stereocenters. The van der Waals surface area contributed by atoms with Crippen LogP contribution in [0.2, 0.25) is 14.8 Å². The van der Waals surface area contributed by atoms with Crippen molar-refractivity contribution in [3.63, 3.8) is 0 Å². The van der Waals surface area contributed by atoms with E-state index < -0.39 is 55.4 Å². The molecule has 2 aliphatic rings. The van der Waals surface area contributed by atoms with E-state index in [2.05, 4.69) is 36.9 Å². The molecule has 0 saturated carbocycles. The number of anilines is 2. The molecule has 3 N–H and O–H groups in total. The van der Waals surface area contributed by atoms with Gasteiger partial charge >= 0.3 is 206 Å². The van der Waals surface area contributed by atoms with Gasteiger partial charge in [-0.25, -0.2) is 4.79 Å². The van der Waals surface area contributed by atoms with Crippen LogP contribution in [0.4, 0.5) is 21.0 Å². The maximum absolute atomic E-state index is 13.4. The van der Waals surface area contributed by atoms with Crippen LogP contribution in [-0.4, -0.2) is 112 Å². The SMILES string of the molecule is CCC(=O)N[N+](C)(CC(COC1CCCCO1)OC(=O)Nc1ccccc1)CC(COC1CCCCO1)OC(=O)Nc1ccc[c]([Sn]([CH3])([CH3])[CH3])c1. The van der Waals surface area contributed by atoms with Crippen molar-refractivity contribution in [3.05, 3.63) is 54.6 Å². The van der Waals surface area contributed by atoms with Crippen LogP contribution in [0.25, 0.3) is 0 Å². The fourth-order valence-electron chi connectivity index (χ4n) is 5.99. The Morgan fingerprint density at radius 1 is 0.784 bits per heavy atom. The third-order valence-electron chi connectivity index (χ3n) is 8.68. The topological polar surface area (TPSA) is 143 Å². The minimum absolute atomic E-state index is 0.0241. The van der Waals surface area contributed by atoms with E-state index in [1.165, 1.54) is 3.58 Å². The quantitative estimate of drug-likeness (QED) is 0.104. The Morgan fingerprint density at radius 3 is 1.80 bits per heavy atom. The standard InChI is InChI=1S/C34H47N4O9.3CH3.Sn/c1-3-30(39)37-38(2,22-28(24-44-31-18-10-12-20-42-31)46-33(40)35-26-14-6-4-7-15-26)23-29(25-45-32-19-11-13-21-43-32)47-34(41)36-27-16-8-5-9-17-27;;;;/h4-8,14-17,28-29,31-32H,3,10-13,18-25H2,1-2H3,(H2-,35,36,37,39,40,41);3*1H3;/p+1. The van der Waals surface area contributed by atoms with E-state index >= 15 is 0 Å². The fraction of sp³-hybridized carbons (Fsp3) is 0.595. The summed E-state index contributed by atoms with van der Waals surface area (Å²) in [6, 6.07) is 16.9. The van der Waals surface area contributed by atoms with E-state index in [-0.39, 0.29) is 43.2 Å². The van der Waals surface area contributed by atoms with Crippen molar-refractivity contribution in [1.82, 2.24) is 5.43 Å². The van der Waals surface area contributed by atoms with Crippen molar-refractivity contribution in [1.29, 1.82) is 0 Å². The molecular formula is C37H57N4O9Sn+. The summed E-state index contributed by atoms with van der Waals surface area (Å²) in [4.78, 5) is 46.4. The van der Waals surface area contributed by atoms with Crippen molar-refractivity contribution in [2.24, 2.45) is 0 Å². The number of nitrogens with one attached hydrogen (secondary N) is 3. The zero-order valence-corrected chi connectivity index (χ0v) is 33.7. The van der Waals surface area contributed by atoms with Gasteiger partial charge in [-0.2, -0.15) is 0 Å². The zero-order chi connectivity index (χ0) is 36.7. The molecule has 2 aromatic rings. The van der Waals surface area contributed by atoms with Crippen molar-refractivity contribution in [3.8, 4) is 0 Å². The summed E-state index contributed by atoms with van der Waals surface area (Å²) < 4.78 is 36.9. The van der Waals surface area contributed by atoms with Crippen LogP contribution in [-0.2, 0) is 33.2 Å². The molecule has 14 heteroatoms. The summed E-state index contributed by atoms with van der Waals surface area (Å²) in [5.41, 5.74) is 4.28. The average Bonchev–Trinajstić information content (AvgIpc) is 3.10. The molecule has 13 nitrogen and oxygen atoms in total. The Morgan fingerprint density at radius 2 is 1.31 bits per heavy atom. The van der Waals surface area contributed by atoms with Crippen molar-refractivity contribution in [2.45, 2.75) is 91.5 Å². The molecule has 51 heavy (non-hydrogen) atoms. The first kappa shape index (κ1) is 40.8. The van der Waals surface area contributed by atoms with E-state index in [4.69, 9.17) is 28.4 Å². The molecule has 0 spiro atoms. The first-order valence-electron chi connectivity index (χ1n) is 18.1. The average molecular weight is 821 g/mol. The number of carbonyl (C=O) groups excluding carboxylic acids is 3. The van der Waals surface area contributed by atoms with Gasteiger partial charge < -0.3 is 9.47 Å². The van der Waals surface area contributed by atoms with Crippen LogP contribution < -0.4 is 19.6 Å². The normalized spacial score (nSPS) is 20.3. The predicted octanol–water partition coefficient (Wildman–Crippen LogP) is 5.74. The Bertz CT molecular complexity index is 1380. The first-order chi connectivity index (χ1) is 24.4. The molecule has 2 heterocycles. The summed E-state index contributed by atoms with van der Waals surface area (Å²) >= 11 is -2.40. The Hall–Kier alpha value is -2.95. The number of hydrogen-bond donors (Lipinski definition) is 3. The molecule has 5 unspecified atom stereocenters. The molecule has 4 rings (SSSR count). The number of ether oxygens (including phenoxy) is 6. The van der Waals surface area contributed by atoms with Crippen LogP contribution in [0.1, 0.15) is 51.9 Å². The van der Waals surface area contributed by atoms with Gasteiger partial charge in [-0.3, -0.25) is 5.32 Å². The third kappa shape index (κ3) is 14.9. The molecule has 2 aromatic carbocycles. The number of quaternary nitrogens is 1. The fourth-order valence-corrected chi connectivity index (χ4v) is 9.37. The van der Waals surface area contributed by atoms with Crippen molar-refractivity contribution in [2.75, 3.05) is 57.2 Å². The van der Waals surface area contributed by atoms with E-state index in [0.717, 1.165) is 38.5 Å². The molecule has 282 valence electrons. The summed E-state index contributed by atoms with van der Waals surface area (Å²) in [7, 11) is 1.79. The second-order valence-corrected chi connectivity index (χ2v) is 28.9. The molecular weight excluding hydrogens is 763 g/mol. The number of amides is 3. The van der Waals surface area contributed by atoms with Gasteiger partial charge in [0.1, 0.15) is 0 Å². The van der Waals surface area contributed by atoms with Crippen molar-refractivity contribution >= 4 is 51.4 Å². The molecule has 0 aromatic heterocycles. The van der Waals surface area contributed by atoms with Crippen LogP contribution >= 0.6 is 0 Å². The summed E-state index contributed by atoms with van der Waals surface area (Å²) in [5, 5.41) is 5.64. The number of rotatable bonds is 17. The molecule has 2 fully saturated rings. The van der Waals surface area contributed by atoms with Crippen molar-refractivity contribution < 1.29 is 47.4 Å².